The Labute approximate surface area is 93.7 Å². The van der Waals surface area contributed by atoms with Gasteiger partial charge in [0.1, 0.15) is 5.52 Å². The van der Waals surface area contributed by atoms with Crippen molar-refractivity contribution in [2.24, 2.45) is 0 Å². The molecule has 4 heteroatoms. The molecule has 1 aromatic carbocycles. The van der Waals surface area contributed by atoms with Crippen LogP contribution in [0.5, 0.6) is 0 Å². The second-order valence-electron chi connectivity index (χ2n) is 3.97. The van der Waals surface area contributed by atoms with E-state index in [0.717, 1.165) is 5.52 Å². The van der Waals surface area contributed by atoms with E-state index in [1.807, 2.05) is 13.8 Å². The smallest absolute Gasteiger partial charge is 0.251 e. The van der Waals surface area contributed by atoms with Crippen LogP contribution in [0.15, 0.2) is 22.6 Å². The average Bonchev–Trinajstić information content (AvgIpc) is 2.70. The van der Waals surface area contributed by atoms with Crippen molar-refractivity contribution in [3.8, 4) is 0 Å². The third kappa shape index (κ3) is 1.78. The summed E-state index contributed by atoms with van der Waals surface area (Å²) in [6, 6.07) is 5.26. The van der Waals surface area contributed by atoms with Crippen molar-refractivity contribution >= 4 is 17.0 Å². The number of hydrogen-bond donors (Lipinski definition) is 1. The molecule has 0 fully saturated rings. The molecule has 0 aliphatic rings. The first-order chi connectivity index (χ1) is 7.61. The van der Waals surface area contributed by atoms with Crippen LogP contribution < -0.4 is 5.32 Å². The third-order valence-electron chi connectivity index (χ3n) is 2.39. The van der Waals surface area contributed by atoms with Gasteiger partial charge in [-0.1, -0.05) is 13.8 Å². The summed E-state index contributed by atoms with van der Waals surface area (Å²) in [5.41, 5.74) is 2.03. The van der Waals surface area contributed by atoms with Crippen LogP contribution in [-0.2, 0) is 0 Å². The molecular formula is C12H14N2O2. The zero-order valence-corrected chi connectivity index (χ0v) is 9.57. The molecule has 1 N–H and O–H groups in total. The number of oxazole rings is 1. The maximum absolute atomic E-state index is 11.4. The maximum Gasteiger partial charge on any atom is 0.251 e. The van der Waals surface area contributed by atoms with Crippen molar-refractivity contribution < 1.29 is 9.21 Å². The number of nitrogens with one attached hydrogen (secondary N) is 1. The van der Waals surface area contributed by atoms with Gasteiger partial charge in [0.05, 0.1) is 0 Å². The van der Waals surface area contributed by atoms with Crippen LogP contribution in [0.25, 0.3) is 11.1 Å². The highest BCUT2D eigenvalue weighted by atomic mass is 16.3. The van der Waals surface area contributed by atoms with Gasteiger partial charge in [-0.25, -0.2) is 4.98 Å². The van der Waals surface area contributed by atoms with E-state index < -0.39 is 0 Å². The van der Waals surface area contributed by atoms with Gasteiger partial charge < -0.3 is 9.73 Å². The van der Waals surface area contributed by atoms with Crippen molar-refractivity contribution in [1.29, 1.82) is 0 Å². The SMILES string of the molecule is CNC(=O)c1ccc2nc(C(C)C)oc2c1. The Morgan fingerprint density at radius 2 is 2.19 bits per heavy atom. The second-order valence-corrected chi connectivity index (χ2v) is 3.97. The van der Waals surface area contributed by atoms with Crippen LogP contribution in [0.1, 0.15) is 36.0 Å². The molecule has 2 rings (SSSR count). The van der Waals surface area contributed by atoms with E-state index in [1.54, 1.807) is 25.2 Å². The molecule has 1 amide bonds. The number of aromatic nitrogens is 1. The van der Waals surface area contributed by atoms with E-state index in [1.165, 1.54) is 0 Å². The molecule has 1 aromatic heterocycles. The highest BCUT2D eigenvalue weighted by Crippen LogP contribution is 2.21. The molecule has 16 heavy (non-hydrogen) atoms. The summed E-state index contributed by atoms with van der Waals surface area (Å²) in [6.07, 6.45) is 0. The molecular weight excluding hydrogens is 204 g/mol. The molecule has 0 saturated carbocycles. The van der Waals surface area contributed by atoms with E-state index >= 15 is 0 Å². The summed E-state index contributed by atoms with van der Waals surface area (Å²) in [6.45, 7) is 4.04. The highest BCUT2D eigenvalue weighted by Gasteiger charge is 2.11. The molecule has 0 aliphatic heterocycles. The summed E-state index contributed by atoms with van der Waals surface area (Å²) in [7, 11) is 1.60. The predicted molar refractivity (Wildman–Crippen MR) is 61.5 cm³/mol. The van der Waals surface area contributed by atoms with E-state index in [-0.39, 0.29) is 11.8 Å². The fraction of sp³-hybridized carbons (Fsp3) is 0.333. The van der Waals surface area contributed by atoms with E-state index in [0.29, 0.717) is 17.0 Å². The fourth-order valence-electron chi connectivity index (χ4n) is 1.47. The molecule has 0 atom stereocenters. The number of rotatable bonds is 2. The van der Waals surface area contributed by atoms with Gasteiger partial charge in [0, 0.05) is 18.5 Å². The minimum Gasteiger partial charge on any atom is -0.440 e. The highest BCUT2D eigenvalue weighted by molar-refractivity contribution is 5.96. The van der Waals surface area contributed by atoms with Crippen molar-refractivity contribution in [3.63, 3.8) is 0 Å². The van der Waals surface area contributed by atoms with Gasteiger partial charge in [-0.2, -0.15) is 0 Å². The number of benzene rings is 1. The van der Waals surface area contributed by atoms with Crippen molar-refractivity contribution in [3.05, 3.63) is 29.7 Å². The largest absolute Gasteiger partial charge is 0.440 e. The van der Waals surface area contributed by atoms with Gasteiger partial charge in [0.2, 0.25) is 0 Å². The molecule has 84 valence electrons. The van der Waals surface area contributed by atoms with Crippen LogP contribution in [0.4, 0.5) is 0 Å². The lowest BCUT2D eigenvalue weighted by Crippen LogP contribution is -2.17. The van der Waals surface area contributed by atoms with Gasteiger partial charge in [-0.05, 0) is 18.2 Å². The van der Waals surface area contributed by atoms with Gasteiger partial charge in [0.25, 0.3) is 5.91 Å². The average molecular weight is 218 g/mol. The number of hydrogen-bond acceptors (Lipinski definition) is 3. The summed E-state index contributed by atoms with van der Waals surface area (Å²) in [5, 5.41) is 2.57. The molecule has 0 radical (unpaired) electrons. The van der Waals surface area contributed by atoms with E-state index in [4.69, 9.17) is 4.42 Å². The minimum absolute atomic E-state index is 0.121. The molecule has 0 bridgehead atoms. The Bertz CT molecular complexity index is 529. The third-order valence-corrected chi connectivity index (χ3v) is 2.39. The monoisotopic (exact) mass is 218 g/mol. The number of carbonyl (C=O) groups is 1. The van der Waals surface area contributed by atoms with Crippen molar-refractivity contribution in [2.75, 3.05) is 7.05 Å². The molecule has 1 heterocycles. The second kappa shape index (κ2) is 3.96. The molecule has 0 aliphatic carbocycles. The topological polar surface area (TPSA) is 55.1 Å². The number of nitrogens with zero attached hydrogens (tertiary/aromatic N) is 1. The Morgan fingerprint density at radius 3 is 2.81 bits per heavy atom. The molecule has 4 nitrogen and oxygen atoms in total. The normalized spacial score (nSPS) is 11.0. The first-order valence-electron chi connectivity index (χ1n) is 5.24. The molecule has 0 saturated heterocycles. The Morgan fingerprint density at radius 1 is 1.44 bits per heavy atom. The molecule has 0 spiro atoms. The van der Waals surface area contributed by atoms with Crippen molar-refractivity contribution in [1.82, 2.24) is 10.3 Å². The maximum atomic E-state index is 11.4. The predicted octanol–water partition coefficient (Wildman–Crippen LogP) is 2.31. The first kappa shape index (κ1) is 10.7. The Kier molecular flexibility index (Phi) is 2.64. The zero-order chi connectivity index (χ0) is 11.7. The Balaban J connectivity index is 2.49. The lowest BCUT2D eigenvalue weighted by molar-refractivity contribution is 0.0963. The van der Waals surface area contributed by atoms with Crippen LogP contribution in [0.2, 0.25) is 0 Å². The molecule has 2 aromatic rings. The number of carbonyl (C=O) groups excluding carboxylic acids is 1. The van der Waals surface area contributed by atoms with Gasteiger partial charge in [-0.3, -0.25) is 4.79 Å². The summed E-state index contributed by atoms with van der Waals surface area (Å²) < 4.78 is 5.57. The van der Waals surface area contributed by atoms with Crippen molar-refractivity contribution in [2.45, 2.75) is 19.8 Å². The van der Waals surface area contributed by atoms with E-state index in [9.17, 15) is 4.79 Å². The van der Waals surface area contributed by atoms with Gasteiger partial charge >= 0.3 is 0 Å². The fourth-order valence-corrected chi connectivity index (χ4v) is 1.47. The number of fused-ring (bicyclic) bond motifs is 1. The van der Waals surface area contributed by atoms with Crippen LogP contribution in [-0.4, -0.2) is 17.9 Å². The summed E-state index contributed by atoms with van der Waals surface area (Å²) >= 11 is 0. The first-order valence-corrected chi connectivity index (χ1v) is 5.24. The van der Waals surface area contributed by atoms with Gasteiger partial charge in [-0.15, -0.1) is 0 Å². The standard InChI is InChI=1S/C12H14N2O2/c1-7(2)12-14-9-5-4-8(11(15)13-3)6-10(9)16-12/h4-7H,1-3H3,(H,13,15). The zero-order valence-electron chi connectivity index (χ0n) is 9.57. The lowest BCUT2D eigenvalue weighted by Gasteiger charge is -1.97. The quantitative estimate of drug-likeness (QED) is 0.841. The summed E-state index contributed by atoms with van der Waals surface area (Å²) in [4.78, 5) is 15.8. The Hall–Kier alpha value is -1.84. The molecule has 0 unspecified atom stereocenters. The van der Waals surface area contributed by atoms with Crippen LogP contribution in [0.3, 0.4) is 0 Å². The van der Waals surface area contributed by atoms with Crippen LogP contribution in [0, 0.1) is 0 Å². The minimum atomic E-state index is -0.121. The number of amides is 1. The van der Waals surface area contributed by atoms with Gasteiger partial charge in [0.15, 0.2) is 11.5 Å². The van der Waals surface area contributed by atoms with Crippen LogP contribution >= 0.6 is 0 Å². The lowest BCUT2D eigenvalue weighted by atomic mass is 10.2. The van der Waals surface area contributed by atoms with E-state index in [2.05, 4.69) is 10.3 Å². The summed E-state index contributed by atoms with van der Waals surface area (Å²) in [5.74, 6) is 0.823.